The number of para-hydroxylation sites is 1. The Bertz CT molecular complexity index is 585. The van der Waals surface area contributed by atoms with Gasteiger partial charge >= 0.3 is 0 Å². The second-order valence-electron chi connectivity index (χ2n) is 3.74. The third kappa shape index (κ3) is 2.43. The number of benzene rings is 2. The van der Waals surface area contributed by atoms with Crippen molar-refractivity contribution >= 4 is 11.4 Å². The number of rotatable bonds is 2. The second-order valence-corrected chi connectivity index (χ2v) is 3.74. The molecule has 0 amide bonds. The average Bonchev–Trinajstić information content (AvgIpc) is 2.33. The number of nitrogens with one attached hydrogen (secondary N) is 1. The van der Waals surface area contributed by atoms with E-state index in [2.05, 4.69) is 11.4 Å². The molecule has 84 valence electrons. The Balaban J connectivity index is 2.35. The summed E-state index contributed by atoms with van der Waals surface area (Å²) in [6.07, 6.45) is 0. The predicted molar refractivity (Wildman–Crippen MR) is 65.6 cm³/mol. The van der Waals surface area contributed by atoms with Crippen LogP contribution in [0.5, 0.6) is 0 Å². The minimum Gasteiger partial charge on any atom is -0.354 e. The molecule has 0 atom stereocenters. The van der Waals surface area contributed by atoms with Gasteiger partial charge < -0.3 is 5.32 Å². The van der Waals surface area contributed by atoms with Crippen LogP contribution in [0.25, 0.3) is 0 Å². The average molecular weight is 226 g/mol. The Morgan fingerprint density at radius 1 is 1.12 bits per heavy atom. The lowest BCUT2D eigenvalue weighted by Crippen LogP contribution is -1.95. The van der Waals surface area contributed by atoms with E-state index in [9.17, 15) is 4.39 Å². The Morgan fingerprint density at radius 3 is 2.59 bits per heavy atom. The van der Waals surface area contributed by atoms with Crippen molar-refractivity contribution < 1.29 is 4.39 Å². The standard InChI is InChI=1S/C14H11FN2/c1-10-8-12(15)6-7-13(10)17-14-5-3-2-4-11(14)9-16/h2-8,17H,1H3. The molecule has 0 aliphatic heterocycles. The molecule has 0 aliphatic carbocycles. The lowest BCUT2D eigenvalue weighted by molar-refractivity contribution is 0.627. The molecule has 17 heavy (non-hydrogen) atoms. The van der Waals surface area contributed by atoms with Crippen LogP contribution in [-0.2, 0) is 0 Å². The van der Waals surface area contributed by atoms with Crippen molar-refractivity contribution in [3.63, 3.8) is 0 Å². The summed E-state index contributed by atoms with van der Waals surface area (Å²) < 4.78 is 13.0. The summed E-state index contributed by atoms with van der Waals surface area (Å²) in [4.78, 5) is 0. The van der Waals surface area contributed by atoms with E-state index in [0.29, 0.717) is 5.56 Å². The lowest BCUT2D eigenvalue weighted by atomic mass is 10.1. The molecule has 0 saturated carbocycles. The lowest BCUT2D eigenvalue weighted by Gasteiger charge is -2.10. The Labute approximate surface area is 99.3 Å². The van der Waals surface area contributed by atoms with Crippen molar-refractivity contribution in [2.24, 2.45) is 0 Å². The van der Waals surface area contributed by atoms with Crippen LogP contribution in [0.3, 0.4) is 0 Å². The molecule has 0 saturated heterocycles. The number of hydrogen-bond acceptors (Lipinski definition) is 2. The molecule has 2 aromatic carbocycles. The number of nitrogens with zero attached hydrogens (tertiary/aromatic N) is 1. The van der Waals surface area contributed by atoms with E-state index >= 15 is 0 Å². The first-order chi connectivity index (χ1) is 8.20. The van der Waals surface area contributed by atoms with Crippen LogP contribution in [-0.4, -0.2) is 0 Å². The van der Waals surface area contributed by atoms with Crippen LogP contribution in [0, 0.1) is 24.1 Å². The Kier molecular flexibility index (Phi) is 3.06. The van der Waals surface area contributed by atoms with Gasteiger partial charge in [-0.15, -0.1) is 0 Å². The molecular weight excluding hydrogens is 215 g/mol. The van der Waals surface area contributed by atoms with Gasteiger partial charge in [0, 0.05) is 5.69 Å². The highest BCUT2D eigenvalue weighted by molar-refractivity contribution is 5.68. The highest BCUT2D eigenvalue weighted by Crippen LogP contribution is 2.23. The highest BCUT2D eigenvalue weighted by Gasteiger charge is 2.03. The van der Waals surface area contributed by atoms with Crippen LogP contribution in [0.1, 0.15) is 11.1 Å². The largest absolute Gasteiger partial charge is 0.354 e. The second kappa shape index (κ2) is 4.67. The van der Waals surface area contributed by atoms with Gasteiger partial charge in [-0.05, 0) is 42.8 Å². The van der Waals surface area contributed by atoms with E-state index in [-0.39, 0.29) is 5.82 Å². The first-order valence-electron chi connectivity index (χ1n) is 5.23. The van der Waals surface area contributed by atoms with Crippen LogP contribution in [0.15, 0.2) is 42.5 Å². The zero-order valence-corrected chi connectivity index (χ0v) is 9.37. The van der Waals surface area contributed by atoms with Gasteiger partial charge in [0.15, 0.2) is 0 Å². The molecule has 0 radical (unpaired) electrons. The van der Waals surface area contributed by atoms with E-state index in [1.807, 2.05) is 19.1 Å². The number of hydrogen-bond donors (Lipinski definition) is 1. The van der Waals surface area contributed by atoms with Gasteiger partial charge in [0.1, 0.15) is 11.9 Å². The smallest absolute Gasteiger partial charge is 0.123 e. The molecule has 0 unspecified atom stereocenters. The van der Waals surface area contributed by atoms with Crippen molar-refractivity contribution in [2.45, 2.75) is 6.92 Å². The van der Waals surface area contributed by atoms with Gasteiger partial charge in [-0.25, -0.2) is 4.39 Å². The minimum atomic E-state index is -0.262. The number of aryl methyl sites for hydroxylation is 1. The minimum absolute atomic E-state index is 0.262. The van der Waals surface area contributed by atoms with E-state index in [1.165, 1.54) is 12.1 Å². The number of nitriles is 1. The van der Waals surface area contributed by atoms with E-state index in [0.717, 1.165) is 16.9 Å². The highest BCUT2D eigenvalue weighted by atomic mass is 19.1. The van der Waals surface area contributed by atoms with E-state index in [4.69, 9.17) is 5.26 Å². The maximum absolute atomic E-state index is 13.0. The van der Waals surface area contributed by atoms with Crippen LogP contribution in [0.2, 0.25) is 0 Å². The number of halogens is 1. The maximum Gasteiger partial charge on any atom is 0.123 e. The topological polar surface area (TPSA) is 35.8 Å². The predicted octanol–water partition coefficient (Wildman–Crippen LogP) is 3.75. The zero-order valence-electron chi connectivity index (χ0n) is 9.37. The first-order valence-corrected chi connectivity index (χ1v) is 5.23. The third-order valence-corrected chi connectivity index (χ3v) is 2.51. The summed E-state index contributed by atoms with van der Waals surface area (Å²) in [7, 11) is 0. The van der Waals surface area contributed by atoms with Crippen molar-refractivity contribution in [2.75, 3.05) is 5.32 Å². The molecule has 2 aromatic rings. The van der Waals surface area contributed by atoms with E-state index < -0.39 is 0 Å². The molecule has 1 N–H and O–H groups in total. The number of anilines is 2. The SMILES string of the molecule is Cc1cc(F)ccc1Nc1ccccc1C#N. The van der Waals surface area contributed by atoms with Crippen molar-refractivity contribution in [3.8, 4) is 6.07 Å². The van der Waals surface area contributed by atoms with E-state index in [1.54, 1.807) is 18.2 Å². The van der Waals surface area contributed by atoms with Gasteiger partial charge in [-0.3, -0.25) is 0 Å². The zero-order chi connectivity index (χ0) is 12.3. The normalized spacial score (nSPS) is 9.71. The summed E-state index contributed by atoms with van der Waals surface area (Å²) in [6.45, 7) is 1.82. The summed E-state index contributed by atoms with van der Waals surface area (Å²) in [5, 5.41) is 12.1. The fourth-order valence-electron chi connectivity index (χ4n) is 1.60. The van der Waals surface area contributed by atoms with Gasteiger partial charge in [-0.1, -0.05) is 12.1 Å². The third-order valence-electron chi connectivity index (χ3n) is 2.51. The quantitative estimate of drug-likeness (QED) is 0.846. The van der Waals surface area contributed by atoms with Crippen molar-refractivity contribution in [1.29, 1.82) is 5.26 Å². The monoisotopic (exact) mass is 226 g/mol. The molecule has 0 fully saturated rings. The Morgan fingerprint density at radius 2 is 1.88 bits per heavy atom. The molecule has 3 heteroatoms. The molecule has 0 aromatic heterocycles. The fourth-order valence-corrected chi connectivity index (χ4v) is 1.60. The van der Waals surface area contributed by atoms with Crippen molar-refractivity contribution in [3.05, 3.63) is 59.4 Å². The van der Waals surface area contributed by atoms with Crippen molar-refractivity contribution in [1.82, 2.24) is 0 Å². The molecule has 2 nitrogen and oxygen atoms in total. The molecule has 0 bridgehead atoms. The molecule has 0 spiro atoms. The molecular formula is C14H11FN2. The Hall–Kier alpha value is -2.34. The van der Waals surface area contributed by atoms with Gasteiger partial charge in [-0.2, -0.15) is 5.26 Å². The summed E-state index contributed by atoms with van der Waals surface area (Å²) >= 11 is 0. The van der Waals surface area contributed by atoms with Gasteiger partial charge in [0.2, 0.25) is 0 Å². The van der Waals surface area contributed by atoms with Crippen LogP contribution < -0.4 is 5.32 Å². The van der Waals surface area contributed by atoms with Crippen LogP contribution >= 0.6 is 0 Å². The van der Waals surface area contributed by atoms with Gasteiger partial charge in [0.05, 0.1) is 11.3 Å². The summed E-state index contributed by atoms with van der Waals surface area (Å²) in [5.74, 6) is -0.262. The van der Waals surface area contributed by atoms with Gasteiger partial charge in [0.25, 0.3) is 0 Å². The first kappa shape index (κ1) is 11.2. The maximum atomic E-state index is 13.0. The fraction of sp³-hybridized carbons (Fsp3) is 0.0714. The molecule has 0 heterocycles. The summed E-state index contributed by atoms with van der Waals surface area (Å²) in [5.41, 5.74) is 2.90. The molecule has 2 rings (SSSR count). The van der Waals surface area contributed by atoms with Crippen LogP contribution in [0.4, 0.5) is 15.8 Å². The summed E-state index contributed by atoms with van der Waals surface area (Å²) in [6, 6.07) is 13.8. The molecule has 0 aliphatic rings.